The molecular formula is C63H93FN16O. The number of aromatic nitrogens is 14. The summed E-state index contributed by atoms with van der Waals surface area (Å²) >= 11 is 0. The maximum absolute atomic E-state index is 12.3. The van der Waals surface area contributed by atoms with E-state index < -0.39 is 6.08 Å². The molecule has 0 aliphatic carbocycles. The molecule has 1 aliphatic rings. The number of anilines is 1. The zero-order valence-corrected chi connectivity index (χ0v) is 53.0. The van der Waals surface area contributed by atoms with E-state index in [0.717, 1.165) is 47.2 Å². The van der Waals surface area contributed by atoms with Gasteiger partial charge in [-0.05, 0) is 85.6 Å². The van der Waals surface area contributed by atoms with Crippen molar-refractivity contribution in [1.82, 2.24) is 69.8 Å². The average Bonchev–Trinajstić information content (AvgIpc) is 3.95. The number of methoxy groups -OCH3 is 1. The number of nitriles is 1. The predicted molar refractivity (Wildman–Crippen MR) is 323 cm³/mol. The third-order valence-corrected chi connectivity index (χ3v) is 12.1. The van der Waals surface area contributed by atoms with E-state index in [4.69, 9.17) is 10.00 Å². The van der Waals surface area contributed by atoms with Crippen molar-refractivity contribution in [2.75, 3.05) is 25.1 Å². The van der Waals surface area contributed by atoms with Crippen molar-refractivity contribution >= 4 is 5.95 Å². The lowest BCUT2D eigenvalue weighted by atomic mass is 9.89. The van der Waals surface area contributed by atoms with Gasteiger partial charge < -0.3 is 9.64 Å². The van der Waals surface area contributed by atoms with Crippen molar-refractivity contribution < 1.29 is 9.13 Å². The quantitative estimate of drug-likeness (QED) is 0.147. The molecule has 18 heteroatoms. The molecule has 438 valence electrons. The van der Waals surface area contributed by atoms with Crippen LogP contribution in [0.15, 0.2) is 99.3 Å². The van der Waals surface area contributed by atoms with E-state index in [1.54, 1.807) is 56.8 Å². The summed E-state index contributed by atoms with van der Waals surface area (Å²) in [5, 5.41) is 8.46. The second kappa shape index (κ2) is 31.0. The van der Waals surface area contributed by atoms with E-state index in [1.165, 1.54) is 41.9 Å². The Morgan fingerprint density at radius 2 is 0.765 bits per heavy atom. The first-order valence-electron chi connectivity index (χ1n) is 27.3. The summed E-state index contributed by atoms with van der Waals surface area (Å²) in [4.78, 5) is 58.2. The van der Waals surface area contributed by atoms with Crippen LogP contribution in [0.25, 0.3) is 0 Å². The van der Waals surface area contributed by atoms with Crippen LogP contribution in [0, 0.1) is 24.3 Å². The Morgan fingerprint density at radius 1 is 0.420 bits per heavy atom. The van der Waals surface area contributed by atoms with Gasteiger partial charge in [0.15, 0.2) is 0 Å². The van der Waals surface area contributed by atoms with E-state index in [1.807, 2.05) is 70.9 Å². The first-order valence-corrected chi connectivity index (χ1v) is 27.3. The van der Waals surface area contributed by atoms with Crippen LogP contribution in [0.3, 0.4) is 0 Å². The maximum Gasteiger partial charge on any atom is 0.316 e. The summed E-state index contributed by atoms with van der Waals surface area (Å²) in [7, 11) is 1.56. The first kappa shape index (κ1) is 69.7. The van der Waals surface area contributed by atoms with Gasteiger partial charge in [-0.25, -0.2) is 59.8 Å². The fourth-order valence-electron chi connectivity index (χ4n) is 6.22. The largest absolute Gasteiger partial charge is 0.467 e. The highest BCUT2D eigenvalue weighted by Crippen LogP contribution is 2.25. The lowest BCUT2D eigenvalue weighted by Crippen LogP contribution is -2.21. The fraction of sp³-hybridized carbons (Fsp3) is 0.540. The van der Waals surface area contributed by atoms with Crippen LogP contribution in [0.2, 0.25) is 0 Å². The molecule has 1 fully saturated rings. The van der Waals surface area contributed by atoms with Crippen molar-refractivity contribution in [3.05, 3.63) is 156 Å². The molecule has 0 aromatic carbocycles. The molecule has 17 nitrogen and oxygen atoms in total. The molecule has 0 unspecified atom stereocenters. The van der Waals surface area contributed by atoms with Crippen LogP contribution < -0.4 is 9.64 Å². The third-order valence-electron chi connectivity index (χ3n) is 12.1. The van der Waals surface area contributed by atoms with Crippen molar-refractivity contribution in [3.8, 4) is 12.1 Å². The lowest BCUT2D eigenvalue weighted by Gasteiger charge is -2.20. The Morgan fingerprint density at radius 3 is 1.07 bits per heavy atom. The number of rotatable bonds is 2. The Hall–Kier alpha value is -7.42. The molecule has 81 heavy (non-hydrogen) atoms. The number of aryl methyl sites for hydroxylation is 1. The number of hydrogen-bond donors (Lipinski definition) is 0. The molecule has 1 aliphatic heterocycles. The molecule has 0 saturated carbocycles. The van der Waals surface area contributed by atoms with Crippen LogP contribution in [0.1, 0.15) is 209 Å². The molecule has 0 atom stereocenters. The van der Waals surface area contributed by atoms with Gasteiger partial charge in [0.1, 0.15) is 18.2 Å². The number of ether oxygens (including phenoxy) is 1. The number of hydrogen-bond acceptors (Lipinski definition) is 17. The standard InChI is InChI=1S/C12H19N3.C9H11N3.C9H14N2O.C9H14N2.C8H11FN2.2C8H12N2/c1-12(2,3)10-8-13-11(14-9-10)15-6-4-5-7-15;1-9(2,3)7-5-11-8(4-10)12-6-7;1-9(2,3)7-5-10-8(12-4)11-6-7;1-7-10-5-8(6-11-7)9(2,3)4;1-8(2,3)6-4-10-7(9)11-5-6;1-8(2,3)7-4-9-6-10-5-7;1-8(2,3)7-6-9-4-5-10-7/h8-9H,4-7H2,1-3H3;5-6H,1-3H3;5-6H,1-4H3;5-6H,1-4H3;4-5H,1-3H3;2*4-6H,1-3H3. The third kappa shape index (κ3) is 27.1. The van der Waals surface area contributed by atoms with E-state index in [-0.39, 0.29) is 43.7 Å². The maximum atomic E-state index is 12.3. The molecule has 7 aromatic heterocycles. The normalized spacial score (nSPS) is 12.5. The van der Waals surface area contributed by atoms with E-state index in [2.05, 4.69) is 199 Å². The minimum Gasteiger partial charge on any atom is -0.467 e. The molecule has 7 aromatic rings. The summed E-state index contributed by atoms with van der Waals surface area (Å²) in [5.41, 5.74) is 8.43. The predicted octanol–water partition coefficient (Wildman–Crippen LogP) is 13.3. The van der Waals surface area contributed by atoms with Crippen LogP contribution >= 0.6 is 0 Å². The minimum absolute atomic E-state index is 0.00625. The smallest absolute Gasteiger partial charge is 0.316 e. The topological polar surface area (TPSA) is 217 Å². The summed E-state index contributed by atoms with van der Waals surface area (Å²) < 4.78 is 17.1. The van der Waals surface area contributed by atoms with Crippen molar-refractivity contribution in [1.29, 1.82) is 5.26 Å². The van der Waals surface area contributed by atoms with Crippen molar-refractivity contribution in [3.63, 3.8) is 0 Å². The van der Waals surface area contributed by atoms with Gasteiger partial charge in [-0.2, -0.15) is 9.65 Å². The lowest BCUT2D eigenvalue weighted by molar-refractivity contribution is 0.378. The summed E-state index contributed by atoms with van der Waals surface area (Å²) in [6, 6.07) is 2.30. The second-order valence-corrected chi connectivity index (χ2v) is 26.6. The molecule has 8 rings (SSSR count). The van der Waals surface area contributed by atoms with Crippen molar-refractivity contribution in [2.45, 2.75) is 203 Å². The van der Waals surface area contributed by atoms with E-state index in [9.17, 15) is 4.39 Å². The Bertz CT molecular complexity index is 2760. The summed E-state index contributed by atoms with van der Waals surface area (Å²) in [5.74, 6) is 1.95. The highest BCUT2D eigenvalue weighted by atomic mass is 19.1. The highest BCUT2D eigenvalue weighted by Gasteiger charge is 2.20. The van der Waals surface area contributed by atoms with Crippen LogP contribution in [-0.4, -0.2) is 90.0 Å². The zero-order chi connectivity index (χ0) is 61.5. The van der Waals surface area contributed by atoms with Crippen molar-refractivity contribution in [2.24, 2.45) is 0 Å². The molecule has 0 spiro atoms. The van der Waals surface area contributed by atoms with Gasteiger partial charge in [-0.1, -0.05) is 145 Å². The second-order valence-electron chi connectivity index (χ2n) is 26.6. The molecule has 8 heterocycles. The van der Waals surface area contributed by atoms with Crippen LogP contribution in [0.4, 0.5) is 10.3 Å². The van der Waals surface area contributed by atoms with Crippen LogP contribution in [0.5, 0.6) is 6.01 Å². The molecule has 1 saturated heterocycles. The van der Waals surface area contributed by atoms with Gasteiger partial charge >= 0.3 is 12.1 Å². The van der Waals surface area contributed by atoms with Gasteiger partial charge in [0.25, 0.3) is 0 Å². The van der Waals surface area contributed by atoms with Gasteiger partial charge in [0.05, 0.1) is 12.8 Å². The Labute approximate surface area is 484 Å². The minimum atomic E-state index is -0.669. The highest BCUT2D eigenvalue weighted by molar-refractivity contribution is 5.32. The van der Waals surface area contributed by atoms with E-state index >= 15 is 0 Å². The summed E-state index contributed by atoms with van der Waals surface area (Å²) in [6.07, 6.45) is 30.1. The number of halogens is 1. The molecule has 0 amide bonds. The molecule has 0 N–H and O–H groups in total. The Kier molecular flexibility index (Phi) is 26.6. The SMILES string of the molecule is CC(C)(C)c1cnc(C#N)nc1.CC(C)(C)c1cnc(F)nc1.CC(C)(C)c1cnc(N2CCCC2)nc1.CC(C)(C)c1cnccn1.CC(C)(C)c1cncnc1.COc1ncc(C(C)(C)C)cn1.Cc1ncc(C(C)(C)C)cn1. The molecule has 0 radical (unpaired) electrons. The molecule has 0 bridgehead atoms. The first-order chi connectivity index (χ1) is 37.4. The number of nitrogens with zero attached hydrogens (tertiary/aromatic N) is 16. The monoisotopic (exact) mass is 1110 g/mol. The molecular weight excluding hydrogens is 1020 g/mol. The van der Waals surface area contributed by atoms with Crippen LogP contribution in [-0.2, 0) is 37.9 Å². The zero-order valence-electron chi connectivity index (χ0n) is 53.0. The van der Waals surface area contributed by atoms with E-state index in [0.29, 0.717) is 6.01 Å². The van der Waals surface area contributed by atoms with Gasteiger partial charge in [-0.15, -0.1) is 0 Å². The van der Waals surface area contributed by atoms with Gasteiger partial charge in [0.2, 0.25) is 11.8 Å². The summed E-state index contributed by atoms with van der Waals surface area (Å²) in [6.45, 7) is 48.6. The van der Waals surface area contributed by atoms with Gasteiger partial charge in [0, 0.05) is 111 Å². The Balaban J connectivity index is 0.000000324. The average molecular weight is 1110 g/mol. The van der Waals surface area contributed by atoms with Gasteiger partial charge in [-0.3, -0.25) is 9.97 Å². The fourth-order valence-corrected chi connectivity index (χ4v) is 6.22.